The topological polar surface area (TPSA) is 63.7 Å². The molecule has 0 bridgehead atoms. The van der Waals surface area contributed by atoms with Crippen molar-refractivity contribution < 1.29 is 17.9 Å². The smallest absolute Gasteiger partial charge is 0.263 e. The molecule has 0 N–H and O–H groups in total. The number of hydrogen-bond donors (Lipinski definition) is 0. The highest BCUT2D eigenvalue weighted by molar-refractivity contribution is 7.91. The summed E-state index contributed by atoms with van der Waals surface area (Å²) in [7, 11) is -3.25. The number of nitrogens with zero attached hydrogens (tertiary/aromatic N) is 1. The summed E-state index contributed by atoms with van der Waals surface area (Å²) in [5.74, 6) is 0.669. The van der Waals surface area contributed by atoms with E-state index in [1.54, 1.807) is 4.90 Å². The lowest BCUT2D eigenvalue weighted by molar-refractivity contribution is -0.139. The van der Waals surface area contributed by atoms with Crippen molar-refractivity contribution in [2.24, 2.45) is 0 Å². The molecule has 1 amide bonds. The van der Waals surface area contributed by atoms with Gasteiger partial charge in [0.25, 0.3) is 5.91 Å². The zero-order chi connectivity index (χ0) is 18.1. The zero-order valence-corrected chi connectivity index (χ0v) is 16.0. The molecular formula is C19H21NO4S2. The van der Waals surface area contributed by atoms with Crippen LogP contribution >= 0.6 is 11.3 Å². The Labute approximate surface area is 157 Å². The molecule has 1 aromatic heterocycles. The quantitative estimate of drug-likeness (QED) is 0.790. The highest BCUT2D eigenvalue weighted by atomic mass is 32.2. The van der Waals surface area contributed by atoms with Gasteiger partial charge in [-0.25, -0.2) is 8.42 Å². The number of aryl methyl sites for hydroxylation is 1. The molecule has 1 saturated heterocycles. The van der Waals surface area contributed by atoms with Crippen molar-refractivity contribution in [3.8, 4) is 5.75 Å². The van der Waals surface area contributed by atoms with Crippen molar-refractivity contribution in [2.45, 2.75) is 30.6 Å². The van der Waals surface area contributed by atoms with Crippen LogP contribution in [0.5, 0.6) is 5.75 Å². The Morgan fingerprint density at radius 2 is 1.96 bits per heavy atom. The first-order valence-electron chi connectivity index (χ1n) is 8.83. The average Bonchev–Trinajstić information content (AvgIpc) is 3.12. The van der Waals surface area contributed by atoms with Gasteiger partial charge in [-0.05, 0) is 42.3 Å². The molecule has 2 aliphatic heterocycles. The summed E-state index contributed by atoms with van der Waals surface area (Å²) in [4.78, 5) is 15.5. The predicted molar refractivity (Wildman–Crippen MR) is 101 cm³/mol. The minimum atomic E-state index is -3.25. The van der Waals surface area contributed by atoms with Crippen LogP contribution in [-0.4, -0.2) is 44.2 Å². The number of para-hydroxylation sites is 1. The van der Waals surface area contributed by atoms with Crippen molar-refractivity contribution in [3.63, 3.8) is 0 Å². The Kier molecular flexibility index (Phi) is 4.75. The number of ether oxygens (including phenoxy) is 1. The summed E-state index contributed by atoms with van der Waals surface area (Å²) in [6.07, 6.45) is 1.35. The number of carbonyl (C=O) groups excluding carboxylic acids is 1. The number of carbonyl (C=O) groups is 1. The van der Waals surface area contributed by atoms with Gasteiger partial charge in [-0.2, -0.15) is 0 Å². The first kappa shape index (κ1) is 17.5. The second-order valence-corrected chi connectivity index (χ2v) is 10.0. The second-order valence-electron chi connectivity index (χ2n) is 6.74. The van der Waals surface area contributed by atoms with Gasteiger partial charge < -0.3 is 9.64 Å². The van der Waals surface area contributed by atoms with Crippen molar-refractivity contribution in [2.75, 3.05) is 18.8 Å². The number of amides is 1. The van der Waals surface area contributed by atoms with Crippen LogP contribution in [0.1, 0.15) is 28.5 Å². The van der Waals surface area contributed by atoms with E-state index in [1.165, 1.54) is 11.3 Å². The van der Waals surface area contributed by atoms with E-state index in [9.17, 15) is 13.2 Å². The van der Waals surface area contributed by atoms with Crippen LogP contribution < -0.4 is 4.74 Å². The molecule has 7 heteroatoms. The summed E-state index contributed by atoms with van der Waals surface area (Å²) < 4.78 is 31.2. The third-order valence-electron chi connectivity index (χ3n) is 5.11. The largest absolute Gasteiger partial charge is 0.480 e. The van der Waals surface area contributed by atoms with Crippen LogP contribution in [0, 0.1) is 0 Å². The maximum atomic E-state index is 12.9. The molecule has 1 aromatic carbocycles. The lowest BCUT2D eigenvalue weighted by Gasteiger charge is -2.30. The lowest BCUT2D eigenvalue weighted by Crippen LogP contribution is -2.44. The Morgan fingerprint density at radius 1 is 1.12 bits per heavy atom. The molecule has 0 spiro atoms. The van der Waals surface area contributed by atoms with E-state index in [0.29, 0.717) is 19.4 Å². The lowest BCUT2D eigenvalue weighted by atomic mass is 10.0. The minimum absolute atomic E-state index is 0.00458. The number of fused-ring (bicyclic) bond motifs is 1. The van der Waals surface area contributed by atoms with Crippen LogP contribution in [0.4, 0.5) is 0 Å². The molecule has 3 heterocycles. The van der Waals surface area contributed by atoms with E-state index in [0.717, 1.165) is 22.6 Å². The molecule has 2 atom stereocenters. The van der Waals surface area contributed by atoms with Crippen LogP contribution in [0.3, 0.4) is 0 Å². The van der Waals surface area contributed by atoms with Crippen molar-refractivity contribution in [3.05, 3.63) is 52.2 Å². The van der Waals surface area contributed by atoms with E-state index in [4.69, 9.17) is 4.74 Å². The average molecular weight is 392 g/mol. The fourth-order valence-corrected chi connectivity index (χ4v) is 6.66. The monoisotopic (exact) mass is 391 g/mol. The van der Waals surface area contributed by atoms with Gasteiger partial charge >= 0.3 is 0 Å². The van der Waals surface area contributed by atoms with Crippen LogP contribution in [0.25, 0.3) is 0 Å². The molecule has 0 radical (unpaired) electrons. The molecule has 2 aromatic rings. The van der Waals surface area contributed by atoms with E-state index >= 15 is 0 Å². The molecule has 2 aliphatic rings. The van der Waals surface area contributed by atoms with Crippen LogP contribution in [0.15, 0.2) is 41.8 Å². The molecule has 26 heavy (non-hydrogen) atoms. The molecule has 1 fully saturated rings. The van der Waals surface area contributed by atoms with Gasteiger partial charge in [0.15, 0.2) is 15.9 Å². The van der Waals surface area contributed by atoms with Gasteiger partial charge in [0.2, 0.25) is 0 Å². The number of thiophene rings is 1. The summed E-state index contributed by atoms with van der Waals surface area (Å²) in [5.41, 5.74) is 1.12. The van der Waals surface area contributed by atoms with Crippen molar-refractivity contribution in [1.82, 2.24) is 4.90 Å². The Hall–Kier alpha value is -1.86. The number of benzene rings is 1. The van der Waals surface area contributed by atoms with Gasteiger partial charge in [0.05, 0.1) is 11.0 Å². The van der Waals surface area contributed by atoms with Crippen molar-refractivity contribution in [1.29, 1.82) is 0 Å². The summed E-state index contributed by atoms with van der Waals surface area (Å²) >= 11 is 1.46. The highest BCUT2D eigenvalue weighted by Crippen LogP contribution is 2.33. The second kappa shape index (κ2) is 7.04. The summed E-state index contributed by atoms with van der Waals surface area (Å²) in [6.45, 7) is 0.687. The van der Waals surface area contributed by atoms with E-state index in [1.807, 2.05) is 41.8 Å². The number of rotatable bonds is 2. The maximum absolute atomic E-state index is 12.9. The number of sulfone groups is 1. The fraction of sp³-hybridized carbons (Fsp3) is 0.421. The van der Waals surface area contributed by atoms with E-state index in [-0.39, 0.29) is 18.2 Å². The molecule has 0 saturated carbocycles. The fourth-order valence-electron chi connectivity index (χ4n) is 3.66. The zero-order valence-electron chi connectivity index (χ0n) is 14.3. The highest BCUT2D eigenvalue weighted by Gasteiger charge is 2.36. The van der Waals surface area contributed by atoms with Crippen LogP contribution in [-0.2, 0) is 21.1 Å². The summed E-state index contributed by atoms with van der Waals surface area (Å²) in [5, 5.41) is 1.39. The molecule has 5 nitrogen and oxygen atoms in total. The molecule has 4 rings (SSSR count). The third kappa shape index (κ3) is 3.38. The van der Waals surface area contributed by atoms with Crippen molar-refractivity contribution >= 4 is 27.1 Å². The predicted octanol–water partition coefficient (Wildman–Crippen LogP) is 2.83. The van der Waals surface area contributed by atoms with Gasteiger partial charge in [-0.15, -0.1) is 11.3 Å². The van der Waals surface area contributed by atoms with Gasteiger partial charge in [-0.1, -0.05) is 24.3 Å². The van der Waals surface area contributed by atoms with Gasteiger partial charge in [-0.3, -0.25) is 4.79 Å². The first-order chi connectivity index (χ1) is 12.5. The summed E-state index contributed by atoms with van der Waals surface area (Å²) in [6, 6.07) is 11.5. The Morgan fingerprint density at radius 3 is 2.77 bits per heavy atom. The Bertz CT molecular complexity index is 892. The minimum Gasteiger partial charge on any atom is -0.480 e. The van der Waals surface area contributed by atoms with E-state index < -0.39 is 21.2 Å². The maximum Gasteiger partial charge on any atom is 0.263 e. The third-order valence-corrected chi connectivity index (χ3v) is 8.35. The normalized spacial score (nSPS) is 25.0. The first-order valence-corrected chi connectivity index (χ1v) is 11.4. The molecule has 0 aliphatic carbocycles. The Balaban J connectivity index is 1.48. The SMILES string of the molecule is O=C(C1CCc2ccccc2O1)N1CCC(c2cccs2)S(=O)(=O)CC1. The van der Waals surface area contributed by atoms with E-state index in [2.05, 4.69) is 0 Å². The van der Waals surface area contributed by atoms with Gasteiger partial charge in [0.1, 0.15) is 5.75 Å². The van der Waals surface area contributed by atoms with Gasteiger partial charge in [0, 0.05) is 18.0 Å². The standard InChI is InChI=1S/C19H21NO4S2/c21-19(16-8-7-14-4-1-2-5-15(14)24-16)20-10-9-18(17-6-3-12-25-17)26(22,23)13-11-20/h1-6,12,16,18H,7-11,13H2. The molecule has 138 valence electrons. The molecular weight excluding hydrogens is 370 g/mol. The van der Waals surface area contributed by atoms with Crippen LogP contribution in [0.2, 0.25) is 0 Å². The number of hydrogen-bond acceptors (Lipinski definition) is 5. The molecule has 2 unspecified atom stereocenters.